The van der Waals surface area contributed by atoms with Crippen LogP contribution in [0.2, 0.25) is 0 Å². The molecule has 1 aliphatic rings. The van der Waals surface area contributed by atoms with Crippen molar-refractivity contribution in [1.29, 1.82) is 0 Å². The van der Waals surface area contributed by atoms with Crippen LogP contribution in [0.25, 0.3) is 0 Å². The molecule has 6 nitrogen and oxygen atoms in total. The highest BCUT2D eigenvalue weighted by Gasteiger charge is 2.31. The van der Waals surface area contributed by atoms with Crippen LogP contribution in [-0.2, 0) is 21.1 Å². The number of halogens is 1. The fourth-order valence-electron chi connectivity index (χ4n) is 2.83. The van der Waals surface area contributed by atoms with Crippen molar-refractivity contribution in [1.82, 2.24) is 9.78 Å². The Balaban J connectivity index is 1.73. The summed E-state index contributed by atoms with van der Waals surface area (Å²) in [5.74, 6) is 0.642. The minimum Gasteiger partial charge on any atom is -0.311 e. The summed E-state index contributed by atoms with van der Waals surface area (Å²) in [5.41, 5.74) is 1.65. The van der Waals surface area contributed by atoms with Crippen LogP contribution in [0.1, 0.15) is 23.7 Å². The Labute approximate surface area is 149 Å². The van der Waals surface area contributed by atoms with Crippen LogP contribution in [0, 0.1) is 6.92 Å². The van der Waals surface area contributed by atoms with Gasteiger partial charge < -0.3 is 5.32 Å². The van der Waals surface area contributed by atoms with Crippen molar-refractivity contribution in [3.63, 3.8) is 0 Å². The van der Waals surface area contributed by atoms with E-state index in [0.29, 0.717) is 12.2 Å². The van der Waals surface area contributed by atoms with Gasteiger partial charge in [-0.15, -0.1) is 0 Å². The van der Waals surface area contributed by atoms with Crippen molar-refractivity contribution in [3.8, 4) is 0 Å². The van der Waals surface area contributed by atoms with Crippen LogP contribution in [0.5, 0.6) is 0 Å². The van der Waals surface area contributed by atoms with Gasteiger partial charge in [-0.2, -0.15) is 5.10 Å². The number of sulfone groups is 1. The third-order valence-corrected chi connectivity index (χ3v) is 6.24. The molecular formula is C16H18BrN3O3S. The predicted octanol–water partition coefficient (Wildman–Crippen LogP) is 2.49. The van der Waals surface area contributed by atoms with E-state index in [9.17, 15) is 13.2 Å². The number of anilines is 1. The molecule has 2 aromatic rings. The number of nitrogens with zero attached hydrogens (tertiary/aromatic N) is 2. The largest absolute Gasteiger partial charge is 0.311 e. The average Bonchev–Trinajstić information content (AvgIpc) is 3.03. The number of aryl methyl sites for hydroxylation is 1. The van der Waals surface area contributed by atoms with Crippen molar-refractivity contribution >= 4 is 37.5 Å². The highest BCUT2D eigenvalue weighted by molar-refractivity contribution is 9.10. The van der Waals surface area contributed by atoms with E-state index in [-0.39, 0.29) is 29.9 Å². The number of aromatic nitrogens is 2. The summed E-state index contributed by atoms with van der Waals surface area (Å²) >= 11 is 3.36. The quantitative estimate of drug-likeness (QED) is 0.837. The summed E-state index contributed by atoms with van der Waals surface area (Å²) < 4.78 is 26.0. The van der Waals surface area contributed by atoms with Crippen molar-refractivity contribution < 1.29 is 13.2 Å². The van der Waals surface area contributed by atoms with Gasteiger partial charge in [-0.1, -0.05) is 28.1 Å². The van der Waals surface area contributed by atoms with E-state index >= 15 is 0 Å². The first-order chi connectivity index (χ1) is 11.3. The topological polar surface area (TPSA) is 81.1 Å². The van der Waals surface area contributed by atoms with Crippen LogP contribution in [-0.4, -0.2) is 35.6 Å². The molecule has 8 heteroatoms. The standard InChI is InChI=1S/C16H18BrN3O3S/c1-11-8-15(20(19-11)14-6-7-24(22,23)10-14)18-16(21)9-12-2-4-13(17)5-3-12/h2-5,8,14H,6-7,9-10H2,1H3,(H,18,21). The summed E-state index contributed by atoms with van der Waals surface area (Å²) in [7, 11) is -3.01. The molecule has 0 aliphatic carbocycles. The average molecular weight is 412 g/mol. The van der Waals surface area contributed by atoms with E-state index < -0.39 is 9.84 Å². The normalized spacial score (nSPS) is 19.3. The lowest BCUT2D eigenvalue weighted by atomic mass is 10.1. The first-order valence-corrected chi connectivity index (χ1v) is 10.2. The number of hydrogen-bond acceptors (Lipinski definition) is 4. The zero-order chi connectivity index (χ0) is 17.3. The maximum atomic E-state index is 12.3. The Morgan fingerprint density at radius 1 is 1.38 bits per heavy atom. The molecule has 1 fully saturated rings. The summed E-state index contributed by atoms with van der Waals surface area (Å²) in [5, 5.41) is 7.21. The summed E-state index contributed by atoms with van der Waals surface area (Å²) in [6.07, 6.45) is 0.777. The Morgan fingerprint density at radius 3 is 2.71 bits per heavy atom. The van der Waals surface area contributed by atoms with Gasteiger partial charge in [-0.25, -0.2) is 13.1 Å². The van der Waals surface area contributed by atoms with Gasteiger partial charge in [0.25, 0.3) is 0 Å². The van der Waals surface area contributed by atoms with Crippen molar-refractivity contribution in [2.45, 2.75) is 25.8 Å². The van der Waals surface area contributed by atoms with Gasteiger partial charge in [0.2, 0.25) is 5.91 Å². The molecule has 1 N–H and O–H groups in total. The number of hydrogen-bond donors (Lipinski definition) is 1. The highest BCUT2D eigenvalue weighted by atomic mass is 79.9. The third-order valence-electron chi connectivity index (χ3n) is 3.96. The minimum absolute atomic E-state index is 0.0731. The monoisotopic (exact) mass is 411 g/mol. The zero-order valence-electron chi connectivity index (χ0n) is 13.2. The molecule has 0 bridgehead atoms. The maximum absolute atomic E-state index is 12.3. The van der Waals surface area contributed by atoms with Gasteiger partial charge in [0.05, 0.1) is 29.7 Å². The lowest BCUT2D eigenvalue weighted by Crippen LogP contribution is -2.20. The van der Waals surface area contributed by atoms with Crippen LogP contribution in [0.3, 0.4) is 0 Å². The molecule has 24 heavy (non-hydrogen) atoms. The van der Waals surface area contributed by atoms with Crippen LogP contribution >= 0.6 is 15.9 Å². The van der Waals surface area contributed by atoms with Gasteiger partial charge in [-0.3, -0.25) is 4.79 Å². The molecule has 1 unspecified atom stereocenters. The molecule has 1 atom stereocenters. The SMILES string of the molecule is Cc1cc(NC(=O)Cc2ccc(Br)cc2)n(C2CCS(=O)(=O)C2)n1. The second kappa shape index (κ2) is 6.68. The molecule has 1 aromatic carbocycles. The molecule has 1 amide bonds. The number of carbonyl (C=O) groups excluding carboxylic acids is 1. The molecule has 1 saturated heterocycles. The Kier molecular flexibility index (Phi) is 4.78. The second-order valence-electron chi connectivity index (χ2n) is 6.02. The molecule has 2 heterocycles. The van der Waals surface area contributed by atoms with Crippen LogP contribution in [0.15, 0.2) is 34.8 Å². The van der Waals surface area contributed by atoms with Gasteiger partial charge in [-0.05, 0) is 31.0 Å². The predicted molar refractivity (Wildman–Crippen MR) is 95.7 cm³/mol. The third kappa shape index (κ3) is 4.05. The Bertz CT molecular complexity index is 859. The lowest BCUT2D eigenvalue weighted by Gasteiger charge is -2.13. The molecule has 0 radical (unpaired) electrons. The van der Waals surface area contributed by atoms with Crippen molar-refractivity contribution in [2.75, 3.05) is 16.8 Å². The first kappa shape index (κ1) is 17.2. The van der Waals surface area contributed by atoms with E-state index in [4.69, 9.17) is 0 Å². The molecule has 1 aliphatic heterocycles. The van der Waals surface area contributed by atoms with Gasteiger partial charge in [0, 0.05) is 10.5 Å². The minimum atomic E-state index is -3.01. The zero-order valence-corrected chi connectivity index (χ0v) is 15.6. The lowest BCUT2D eigenvalue weighted by molar-refractivity contribution is -0.115. The van der Waals surface area contributed by atoms with Gasteiger partial charge in [0.15, 0.2) is 9.84 Å². The smallest absolute Gasteiger partial charge is 0.229 e. The molecule has 1 aromatic heterocycles. The summed E-state index contributed by atoms with van der Waals surface area (Å²) in [6, 6.07) is 9.10. The van der Waals surface area contributed by atoms with E-state index in [1.165, 1.54) is 0 Å². The summed E-state index contributed by atoms with van der Waals surface area (Å²) in [4.78, 5) is 12.3. The first-order valence-electron chi connectivity index (χ1n) is 7.63. The van der Waals surface area contributed by atoms with E-state index in [2.05, 4.69) is 26.3 Å². The number of benzene rings is 1. The van der Waals surface area contributed by atoms with E-state index in [1.807, 2.05) is 31.2 Å². The number of carbonyl (C=O) groups is 1. The summed E-state index contributed by atoms with van der Waals surface area (Å²) in [6.45, 7) is 1.82. The van der Waals surface area contributed by atoms with Gasteiger partial charge in [0.1, 0.15) is 5.82 Å². The van der Waals surface area contributed by atoms with Crippen molar-refractivity contribution in [2.24, 2.45) is 0 Å². The second-order valence-corrected chi connectivity index (χ2v) is 9.17. The fourth-order valence-corrected chi connectivity index (χ4v) is 4.79. The van der Waals surface area contributed by atoms with Crippen LogP contribution in [0.4, 0.5) is 5.82 Å². The maximum Gasteiger partial charge on any atom is 0.229 e. The van der Waals surface area contributed by atoms with Gasteiger partial charge >= 0.3 is 0 Å². The number of rotatable bonds is 4. The fraction of sp³-hybridized carbons (Fsp3) is 0.375. The Hall–Kier alpha value is -1.67. The number of amides is 1. The van der Waals surface area contributed by atoms with Crippen LogP contribution < -0.4 is 5.32 Å². The highest BCUT2D eigenvalue weighted by Crippen LogP contribution is 2.27. The molecule has 0 saturated carbocycles. The molecule has 128 valence electrons. The Morgan fingerprint density at radius 2 is 2.08 bits per heavy atom. The van der Waals surface area contributed by atoms with E-state index in [1.54, 1.807) is 10.7 Å². The molecule has 0 spiro atoms. The van der Waals surface area contributed by atoms with E-state index in [0.717, 1.165) is 15.7 Å². The molecular weight excluding hydrogens is 394 g/mol. The number of nitrogens with one attached hydrogen (secondary N) is 1. The van der Waals surface area contributed by atoms with Crippen molar-refractivity contribution in [3.05, 3.63) is 46.1 Å². The molecule has 3 rings (SSSR count).